The van der Waals surface area contributed by atoms with Gasteiger partial charge in [0.2, 0.25) is 10.0 Å². The van der Waals surface area contributed by atoms with E-state index in [1.54, 1.807) is 24.3 Å². The van der Waals surface area contributed by atoms with Crippen LogP contribution in [0.1, 0.15) is 10.5 Å². The van der Waals surface area contributed by atoms with Crippen LogP contribution < -0.4 is 15.0 Å². The Labute approximate surface area is 143 Å². The van der Waals surface area contributed by atoms with Crippen molar-refractivity contribution in [1.29, 1.82) is 0 Å². The van der Waals surface area contributed by atoms with Crippen molar-refractivity contribution in [3.05, 3.63) is 63.5 Å². The van der Waals surface area contributed by atoms with Gasteiger partial charge in [-0.2, -0.15) is 0 Å². The summed E-state index contributed by atoms with van der Waals surface area (Å²) in [5.41, 5.74) is -0.519. The normalized spacial score (nSPS) is 11.1. The molecule has 0 fully saturated rings. The molecule has 2 rings (SSSR count). The number of aromatic nitrogens is 1. The molecular formula is C15H15ClN2O5S. The third-order valence-corrected chi connectivity index (χ3v) is 3.84. The second kappa shape index (κ2) is 7.50. The molecule has 0 bridgehead atoms. The Morgan fingerprint density at radius 2 is 1.92 bits per heavy atom. The molecule has 1 aromatic carbocycles. The van der Waals surface area contributed by atoms with Crippen molar-refractivity contribution in [3.63, 3.8) is 0 Å². The van der Waals surface area contributed by atoms with Gasteiger partial charge >= 0.3 is 0 Å². The lowest BCUT2D eigenvalue weighted by Gasteiger charge is -2.13. The highest BCUT2D eigenvalue weighted by molar-refractivity contribution is 7.89. The average molecular weight is 371 g/mol. The van der Waals surface area contributed by atoms with Crippen LogP contribution in [0.15, 0.2) is 47.3 Å². The summed E-state index contributed by atoms with van der Waals surface area (Å²) in [5, 5.41) is 0.424. The Morgan fingerprint density at radius 1 is 1.21 bits per heavy atom. The van der Waals surface area contributed by atoms with Crippen molar-refractivity contribution in [3.8, 4) is 5.75 Å². The van der Waals surface area contributed by atoms with Crippen molar-refractivity contribution in [2.24, 2.45) is 0 Å². The van der Waals surface area contributed by atoms with Gasteiger partial charge in [0, 0.05) is 6.07 Å². The summed E-state index contributed by atoms with van der Waals surface area (Å²) in [7, 11) is -3.73. The quantitative estimate of drug-likeness (QED) is 0.826. The van der Waals surface area contributed by atoms with Gasteiger partial charge < -0.3 is 9.30 Å². The lowest BCUT2D eigenvalue weighted by atomic mass is 10.3. The Hall–Kier alpha value is -2.32. The fraction of sp³-hybridized carbons (Fsp3) is 0.200. The van der Waals surface area contributed by atoms with Crippen molar-refractivity contribution in [2.45, 2.75) is 6.54 Å². The van der Waals surface area contributed by atoms with Crippen LogP contribution in [0.5, 0.6) is 5.75 Å². The molecular weight excluding hydrogens is 356 g/mol. The number of ether oxygens (including phenoxy) is 1. The van der Waals surface area contributed by atoms with Crippen LogP contribution >= 0.6 is 11.6 Å². The molecule has 0 unspecified atom stereocenters. The summed E-state index contributed by atoms with van der Waals surface area (Å²) in [6.07, 6.45) is 0.858. The van der Waals surface area contributed by atoms with Gasteiger partial charge in [0.05, 0.1) is 17.8 Å². The predicted octanol–water partition coefficient (Wildman–Crippen LogP) is 1.27. The number of nitrogens with zero attached hydrogens (tertiary/aromatic N) is 1. The number of nitrogens with one attached hydrogen (secondary N) is 1. The van der Waals surface area contributed by atoms with Crippen LogP contribution in [0.4, 0.5) is 0 Å². The van der Waals surface area contributed by atoms with Gasteiger partial charge in [-0.05, 0) is 18.2 Å². The van der Waals surface area contributed by atoms with E-state index < -0.39 is 21.5 Å². The van der Waals surface area contributed by atoms with Gasteiger partial charge in [-0.3, -0.25) is 9.59 Å². The van der Waals surface area contributed by atoms with Crippen LogP contribution in [0.2, 0.25) is 5.02 Å². The maximum atomic E-state index is 12.0. The molecule has 1 amide bonds. The van der Waals surface area contributed by atoms with Crippen molar-refractivity contribution < 1.29 is 17.9 Å². The first kappa shape index (κ1) is 18.0. The highest BCUT2D eigenvalue weighted by atomic mass is 35.5. The van der Waals surface area contributed by atoms with Crippen molar-refractivity contribution in [1.82, 2.24) is 9.29 Å². The second-order valence-electron chi connectivity index (χ2n) is 4.88. The van der Waals surface area contributed by atoms with Crippen LogP contribution in [-0.2, 0) is 16.6 Å². The number of sulfonamides is 1. The number of rotatable bonds is 6. The zero-order valence-electron chi connectivity index (χ0n) is 12.7. The summed E-state index contributed by atoms with van der Waals surface area (Å²) in [4.78, 5) is 24.0. The predicted molar refractivity (Wildman–Crippen MR) is 90.0 cm³/mol. The highest BCUT2D eigenvalue weighted by Crippen LogP contribution is 2.22. The molecule has 0 radical (unpaired) electrons. The maximum absolute atomic E-state index is 12.0. The van der Waals surface area contributed by atoms with E-state index in [1.165, 1.54) is 18.2 Å². The van der Waals surface area contributed by atoms with Gasteiger partial charge in [0.15, 0.2) is 0 Å². The Bertz CT molecular complexity index is 908. The minimum absolute atomic E-state index is 0.0530. The van der Waals surface area contributed by atoms with Crippen LogP contribution in [-0.4, -0.2) is 31.8 Å². The maximum Gasteiger partial charge on any atom is 0.281 e. The third kappa shape index (κ3) is 4.84. The molecule has 9 heteroatoms. The van der Waals surface area contributed by atoms with E-state index in [0.717, 1.165) is 10.8 Å². The summed E-state index contributed by atoms with van der Waals surface area (Å²) in [5.74, 6) is -0.432. The van der Waals surface area contributed by atoms with E-state index in [2.05, 4.69) is 0 Å². The molecule has 0 saturated heterocycles. The van der Waals surface area contributed by atoms with E-state index in [9.17, 15) is 18.0 Å². The Kier molecular flexibility index (Phi) is 5.63. The van der Waals surface area contributed by atoms with Crippen molar-refractivity contribution >= 4 is 27.5 Å². The number of para-hydroxylation sites is 1. The van der Waals surface area contributed by atoms with E-state index in [1.807, 2.05) is 4.72 Å². The van der Waals surface area contributed by atoms with Gasteiger partial charge in [-0.15, -0.1) is 0 Å². The molecule has 128 valence electrons. The smallest absolute Gasteiger partial charge is 0.281 e. The number of hydrogen-bond acceptors (Lipinski definition) is 5. The molecule has 0 spiro atoms. The van der Waals surface area contributed by atoms with Crippen LogP contribution in [0.3, 0.4) is 0 Å². The number of pyridine rings is 1. The highest BCUT2D eigenvalue weighted by Gasteiger charge is 2.16. The molecule has 0 aliphatic carbocycles. The molecule has 1 heterocycles. The molecule has 0 saturated carbocycles. The van der Waals surface area contributed by atoms with E-state index in [4.69, 9.17) is 16.3 Å². The van der Waals surface area contributed by atoms with Gasteiger partial charge in [-0.25, -0.2) is 13.1 Å². The average Bonchev–Trinajstić information content (AvgIpc) is 2.49. The molecule has 0 aliphatic heterocycles. The summed E-state index contributed by atoms with van der Waals surface area (Å²) < 4.78 is 30.8. The summed E-state index contributed by atoms with van der Waals surface area (Å²) >= 11 is 5.97. The number of carbonyl (C=O) groups is 1. The number of benzene rings is 1. The number of carbonyl (C=O) groups excluding carboxylic acids is 1. The minimum atomic E-state index is -3.73. The first-order valence-corrected chi connectivity index (χ1v) is 9.14. The minimum Gasteiger partial charge on any atom is -0.490 e. The fourth-order valence-corrected chi connectivity index (χ4v) is 2.61. The zero-order valence-corrected chi connectivity index (χ0v) is 14.3. The molecule has 2 aromatic rings. The van der Waals surface area contributed by atoms with Gasteiger partial charge in [0.25, 0.3) is 11.5 Å². The monoisotopic (exact) mass is 370 g/mol. The first-order valence-electron chi connectivity index (χ1n) is 6.87. The second-order valence-corrected chi connectivity index (χ2v) is 7.04. The Morgan fingerprint density at radius 3 is 2.58 bits per heavy atom. The van der Waals surface area contributed by atoms with Gasteiger partial charge in [0.1, 0.15) is 18.1 Å². The van der Waals surface area contributed by atoms with E-state index in [-0.39, 0.29) is 18.8 Å². The first-order chi connectivity index (χ1) is 11.3. The van der Waals surface area contributed by atoms with E-state index in [0.29, 0.717) is 10.8 Å². The summed E-state index contributed by atoms with van der Waals surface area (Å²) in [6.45, 7) is 0.129. The molecule has 1 N–H and O–H groups in total. The van der Waals surface area contributed by atoms with Crippen molar-refractivity contribution in [2.75, 3.05) is 12.9 Å². The SMILES string of the molecule is CS(=O)(=O)NC(=O)c1cccc(=O)n1CCOc1ccccc1Cl. The number of amides is 1. The molecule has 24 heavy (non-hydrogen) atoms. The molecule has 0 atom stereocenters. The van der Waals surface area contributed by atoms with E-state index >= 15 is 0 Å². The number of hydrogen-bond donors (Lipinski definition) is 1. The lowest BCUT2D eigenvalue weighted by molar-refractivity contribution is 0.0970. The third-order valence-electron chi connectivity index (χ3n) is 2.97. The topological polar surface area (TPSA) is 94.5 Å². The zero-order chi connectivity index (χ0) is 17.7. The fourth-order valence-electron chi connectivity index (χ4n) is 1.98. The lowest BCUT2D eigenvalue weighted by Crippen LogP contribution is -2.35. The van der Waals surface area contributed by atoms with Gasteiger partial charge in [-0.1, -0.05) is 29.8 Å². The number of halogens is 1. The molecule has 0 aliphatic rings. The van der Waals surface area contributed by atoms with Crippen LogP contribution in [0, 0.1) is 0 Å². The molecule has 7 nitrogen and oxygen atoms in total. The standard InChI is InChI=1S/C15H15ClN2O5S/c1-24(21,22)17-15(20)12-6-4-8-14(19)18(12)9-10-23-13-7-3-2-5-11(13)16/h2-8H,9-10H2,1H3,(H,17,20). The largest absolute Gasteiger partial charge is 0.490 e. The summed E-state index contributed by atoms with van der Waals surface area (Å²) in [6, 6.07) is 10.9. The Balaban J connectivity index is 2.17. The van der Waals surface area contributed by atoms with Crippen LogP contribution in [0.25, 0.3) is 0 Å². The molecule has 1 aromatic heterocycles.